The summed E-state index contributed by atoms with van der Waals surface area (Å²) in [7, 11) is 1.96. The van der Waals surface area contributed by atoms with Crippen LogP contribution < -0.4 is 5.32 Å². The Morgan fingerprint density at radius 3 is 2.92 bits per heavy atom. The number of nitrogens with zero attached hydrogens (tertiary/aromatic N) is 5. The molecule has 1 aliphatic rings. The zero-order valence-corrected chi connectivity index (χ0v) is 14.7. The van der Waals surface area contributed by atoms with Gasteiger partial charge in [0.15, 0.2) is 5.82 Å². The lowest BCUT2D eigenvalue weighted by molar-refractivity contribution is 0.746. The molecule has 3 aromatic heterocycles. The second-order valence-electron chi connectivity index (χ2n) is 6.37. The number of anilines is 1. The van der Waals surface area contributed by atoms with Gasteiger partial charge in [-0.25, -0.2) is 9.97 Å². The zero-order valence-electron chi connectivity index (χ0n) is 14.7. The molecule has 0 aliphatic heterocycles. The van der Waals surface area contributed by atoms with E-state index in [0.717, 1.165) is 55.1 Å². The summed E-state index contributed by atoms with van der Waals surface area (Å²) in [5, 5.41) is 8.04. The van der Waals surface area contributed by atoms with Crippen LogP contribution >= 0.6 is 0 Å². The van der Waals surface area contributed by atoms with Crippen LogP contribution in [0, 0.1) is 0 Å². The van der Waals surface area contributed by atoms with Crippen molar-refractivity contribution in [2.75, 3.05) is 5.32 Å². The highest BCUT2D eigenvalue weighted by Crippen LogP contribution is 2.29. The predicted molar refractivity (Wildman–Crippen MR) is 97.2 cm³/mol. The summed E-state index contributed by atoms with van der Waals surface area (Å²) in [4.78, 5) is 13.9. The van der Waals surface area contributed by atoms with Gasteiger partial charge in [0.05, 0.1) is 5.69 Å². The number of rotatable bonds is 5. The maximum absolute atomic E-state index is 4.78. The summed E-state index contributed by atoms with van der Waals surface area (Å²) in [6.07, 6.45) is 7.97. The van der Waals surface area contributed by atoms with Crippen LogP contribution in [0.3, 0.4) is 0 Å². The summed E-state index contributed by atoms with van der Waals surface area (Å²) in [6, 6.07) is 5.83. The number of aryl methyl sites for hydroxylation is 3. The fourth-order valence-corrected chi connectivity index (χ4v) is 3.40. The smallest absolute Gasteiger partial charge is 0.180 e. The average Bonchev–Trinajstić information content (AvgIpc) is 3.26. The van der Waals surface area contributed by atoms with E-state index in [-0.39, 0.29) is 0 Å². The molecule has 0 aromatic carbocycles. The van der Waals surface area contributed by atoms with E-state index in [1.54, 1.807) is 6.20 Å². The molecule has 6 nitrogen and oxygen atoms in total. The van der Waals surface area contributed by atoms with E-state index in [2.05, 4.69) is 28.5 Å². The molecule has 3 aromatic rings. The quantitative estimate of drug-likeness (QED) is 0.777. The second kappa shape index (κ2) is 6.63. The normalized spacial score (nSPS) is 13.0. The summed E-state index contributed by atoms with van der Waals surface area (Å²) in [5.74, 6) is 1.64. The first-order chi connectivity index (χ1) is 12.2. The highest BCUT2D eigenvalue weighted by molar-refractivity contribution is 5.57. The lowest BCUT2D eigenvalue weighted by atomic mass is 10.2. The van der Waals surface area contributed by atoms with E-state index in [1.165, 1.54) is 11.1 Å². The van der Waals surface area contributed by atoms with E-state index in [4.69, 9.17) is 9.97 Å². The Morgan fingerprint density at radius 1 is 1.20 bits per heavy atom. The summed E-state index contributed by atoms with van der Waals surface area (Å²) >= 11 is 0. The van der Waals surface area contributed by atoms with Gasteiger partial charge in [0.25, 0.3) is 0 Å². The molecule has 0 bridgehead atoms. The van der Waals surface area contributed by atoms with Crippen molar-refractivity contribution in [2.45, 2.75) is 39.2 Å². The van der Waals surface area contributed by atoms with E-state index < -0.39 is 0 Å². The molecule has 0 fully saturated rings. The number of hydrogen-bond donors (Lipinski definition) is 1. The van der Waals surface area contributed by atoms with Crippen molar-refractivity contribution in [2.24, 2.45) is 7.05 Å². The third-order valence-electron chi connectivity index (χ3n) is 4.60. The van der Waals surface area contributed by atoms with Crippen molar-refractivity contribution < 1.29 is 0 Å². The monoisotopic (exact) mass is 334 g/mol. The Hall–Kier alpha value is -2.76. The Morgan fingerprint density at radius 2 is 2.12 bits per heavy atom. The first-order valence-electron chi connectivity index (χ1n) is 8.81. The molecular weight excluding hydrogens is 312 g/mol. The Bertz CT molecular complexity index is 884. The highest BCUT2D eigenvalue weighted by atomic mass is 15.3. The minimum absolute atomic E-state index is 0.700. The Labute approximate surface area is 147 Å². The summed E-state index contributed by atoms with van der Waals surface area (Å²) in [5.41, 5.74) is 5.57. The zero-order chi connectivity index (χ0) is 17.2. The number of hydrogen-bond acceptors (Lipinski definition) is 5. The van der Waals surface area contributed by atoms with Crippen molar-refractivity contribution in [3.63, 3.8) is 0 Å². The van der Waals surface area contributed by atoms with Gasteiger partial charge in [-0.15, -0.1) is 0 Å². The van der Waals surface area contributed by atoms with Crippen LogP contribution in [0.5, 0.6) is 0 Å². The predicted octanol–water partition coefficient (Wildman–Crippen LogP) is 2.94. The van der Waals surface area contributed by atoms with Gasteiger partial charge in [-0.1, -0.05) is 13.0 Å². The molecule has 0 radical (unpaired) electrons. The van der Waals surface area contributed by atoms with Crippen LogP contribution in [0.1, 0.15) is 35.9 Å². The van der Waals surface area contributed by atoms with Gasteiger partial charge in [0, 0.05) is 42.8 Å². The van der Waals surface area contributed by atoms with E-state index in [9.17, 15) is 0 Å². The van der Waals surface area contributed by atoms with Gasteiger partial charge >= 0.3 is 0 Å². The van der Waals surface area contributed by atoms with E-state index in [1.807, 2.05) is 29.9 Å². The molecule has 0 atom stereocenters. The van der Waals surface area contributed by atoms with Crippen LogP contribution in [0.25, 0.3) is 11.5 Å². The van der Waals surface area contributed by atoms with Gasteiger partial charge in [0.2, 0.25) is 0 Å². The van der Waals surface area contributed by atoms with Crippen molar-refractivity contribution in [1.82, 2.24) is 24.7 Å². The topological polar surface area (TPSA) is 68.5 Å². The standard InChI is InChI=1S/C19H22N6/c1-3-15-13(12-25(2)24-15)11-21-18-14-7-6-9-16(14)22-19(23-18)17-8-4-5-10-20-17/h4-5,8,10,12H,3,6-7,9,11H2,1-2H3,(H,21,22,23). The van der Waals surface area contributed by atoms with Crippen molar-refractivity contribution >= 4 is 5.82 Å². The number of fused-ring (bicyclic) bond motifs is 1. The van der Waals surface area contributed by atoms with Crippen molar-refractivity contribution in [3.05, 3.63) is 53.1 Å². The third kappa shape index (κ3) is 3.12. The van der Waals surface area contributed by atoms with Gasteiger partial charge in [-0.3, -0.25) is 9.67 Å². The molecule has 0 spiro atoms. The van der Waals surface area contributed by atoms with Crippen LogP contribution in [0.2, 0.25) is 0 Å². The third-order valence-corrected chi connectivity index (χ3v) is 4.60. The van der Waals surface area contributed by atoms with Crippen molar-refractivity contribution in [1.29, 1.82) is 0 Å². The molecule has 0 unspecified atom stereocenters. The van der Waals surface area contributed by atoms with Crippen LogP contribution in [0.15, 0.2) is 30.6 Å². The molecule has 0 saturated heterocycles. The molecule has 0 amide bonds. The van der Waals surface area contributed by atoms with Gasteiger partial charge < -0.3 is 5.32 Å². The Kier molecular flexibility index (Phi) is 4.17. The fraction of sp³-hybridized carbons (Fsp3) is 0.368. The first kappa shape index (κ1) is 15.7. The van der Waals surface area contributed by atoms with Gasteiger partial charge in [0.1, 0.15) is 11.5 Å². The summed E-state index contributed by atoms with van der Waals surface area (Å²) in [6.45, 7) is 2.86. The van der Waals surface area contributed by atoms with Crippen LogP contribution in [0.4, 0.5) is 5.82 Å². The fourth-order valence-electron chi connectivity index (χ4n) is 3.40. The van der Waals surface area contributed by atoms with Gasteiger partial charge in [-0.05, 0) is 37.8 Å². The Balaban J connectivity index is 1.65. The summed E-state index contributed by atoms with van der Waals surface area (Å²) < 4.78 is 1.87. The average molecular weight is 334 g/mol. The maximum Gasteiger partial charge on any atom is 0.180 e. The molecule has 6 heteroatoms. The van der Waals surface area contributed by atoms with E-state index in [0.29, 0.717) is 5.82 Å². The van der Waals surface area contributed by atoms with E-state index >= 15 is 0 Å². The van der Waals surface area contributed by atoms with Crippen molar-refractivity contribution in [3.8, 4) is 11.5 Å². The number of aromatic nitrogens is 5. The maximum atomic E-state index is 4.78. The van der Waals surface area contributed by atoms with Gasteiger partial charge in [-0.2, -0.15) is 5.10 Å². The molecule has 3 heterocycles. The molecule has 1 N–H and O–H groups in total. The minimum atomic E-state index is 0.700. The lowest BCUT2D eigenvalue weighted by Gasteiger charge is -2.12. The van der Waals surface area contributed by atoms with Crippen LogP contribution in [-0.4, -0.2) is 24.7 Å². The molecule has 25 heavy (non-hydrogen) atoms. The molecule has 4 rings (SSSR count). The lowest BCUT2D eigenvalue weighted by Crippen LogP contribution is -2.08. The molecule has 1 aliphatic carbocycles. The minimum Gasteiger partial charge on any atom is -0.366 e. The molecular formula is C19H22N6. The SMILES string of the molecule is CCc1nn(C)cc1CNc1nc(-c2ccccn2)nc2c1CCC2. The van der Waals surface area contributed by atoms with Crippen LogP contribution in [-0.2, 0) is 32.9 Å². The highest BCUT2D eigenvalue weighted by Gasteiger charge is 2.20. The number of pyridine rings is 1. The number of nitrogens with one attached hydrogen (secondary N) is 1. The largest absolute Gasteiger partial charge is 0.366 e. The molecule has 128 valence electrons. The second-order valence-corrected chi connectivity index (χ2v) is 6.37. The molecule has 0 saturated carbocycles. The first-order valence-corrected chi connectivity index (χ1v) is 8.81.